The van der Waals surface area contributed by atoms with Gasteiger partial charge in [0.1, 0.15) is 0 Å². The Morgan fingerprint density at radius 1 is 0.972 bits per heavy atom. The van der Waals surface area contributed by atoms with Crippen LogP contribution in [0.2, 0.25) is 0 Å². The molecule has 1 unspecified atom stereocenters. The third-order valence-electron chi connectivity index (χ3n) is 4.94. The highest BCUT2D eigenvalue weighted by Gasteiger charge is 2.41. The van der Waals surface area contributed by atoms with E-state index < -0.39 is 42.8 Å². The fraction of sp³-hybridized carbons (Fsp3) is 0.625. The van der Waals surface area contributed by atoms with Gasteiger partial charge in [-0.1, -0.05) is 32.4 Å². The van der Waals surface area contributed by atoms with Crippen LogP contribution in [0.15, 0.2) is 29.1 Å². The van der Waals surface area contributed by atoms with Crippen molar-refractivity contribution in [1.29, 1.82) is 0 Å². The van der Waals surface area contributed by atoms with Gasteiger partial charge < -0.3 is 9.47 Å². The molecule has 1 aromatic heterocycles. The summed E-state index contributed by atoms with van der Waals surface area (Å²) in [6.07, 6.45) is -11.6. The third kappa shape index (κ3) is 10.9. The number of hydrogen-bond donors (Lipinski definition) is 0. The second kappa shape index (κ2) is 14.7. The molecule has 2 rings (SSSR count). The highest BCUT2D eigenvalue weighted by atomic mass is 19.4. The molecule has 0 saturated heterocycles. The zero-order valence-corrected chi connectivity index (χ0v) is 20.5. The summed E-state index contributed by atoms with van der Waals surface area (Å²) in [6, 6.07) is 6.50. The number of ether oxygens (including phenoxy) is 2. The van der Waals surface area contributed by atoms with E-state index in [4.69, 9.17) is 4.74 Å². The number of aryl methyl sites for hydroxylation is 1. The number of benzene rings is 1. The summed E-state index contributed by atoms with van der Waals surface area (Å²) in [5.41, 5.74) is -0.409. The Hall–Kier alpha value is -2.79. The van der Waals surface area contributed by atoms with Gasteiger partial charge in [-0.3, -0.25) is 9.59 Å². The number of halogens is 6. The Balaban J connectivity index is 0.00000316. The minimum Gasteiger partial charge on any atom is -0.476 e. The molecular weight excluding hydrogens is 494 g/mol. The molecule has 0 bridgehead atoms. The molecule has 0 aliphatic carbocycles. The Kier molecular flexibility index (Phi) is 12.8. The van der Waals surface area contributed by atoms with Crippen LogP contribution in [0.5, 0.6) is 5.88 Å². The van der Waals surface area contributed by atoms with Gasteiger partial charge in [-0.05, 0) is 44.2 Å². The van der Waals surface area contributed by atoms with Gasteiger partial charge in [0.25, 0.3) is 5.56 Å². The SMILES string of the molecule is CC.CC(=O)OC(CCCCOc1nn(CCCCCC(F)(F)F)c(=O)c2ccccc12)C(F)(F)F. The van der Waals surface area contributed by atoms with E-state index in [1.165, 1.54) is 0 Å². The average Bonchev–Trinajstić information content (AvgIpc) is 2.80. The average molecular weight is 527 g/mol. The lowest BCUT2D eigenvalue weighted by atomic mass is 10.1. The van der Waals surface area contributed by atoms with Crippen LogP contribution in [0.3, 0.4) is 0 Å². The van der Waals surface area contributed by atoms with Gasteiger partial charge in [0, 0.05) is 19.9 Å². The molecule has 204 valence electrons. The zero-order valence-electron chi connectivity index (χ0n) is 20.5. The smallest absolute Gasteiger partial charge is 0.425 e. The van der Waals surface area contributed by atoms with E-state index in [1.807, 2.05) is 13.8 Å². The van der Waals surface area contributed by atoms with E-state index >= 15 is 0 Å². The second-order valence-corrected chi connectivity index (χ2v) is 7.79. The third-order valence-corrected chi connectivity index (χ3v) is 4.94. The number of carbonyl (C=O) groups is 1. The summed E-state index contributed by atoms with van der Waals surface area (Å²) < 4.78 is 86.6. The predicted molar refractivity (Wildman–Crippen MR) is 123 cm³/mol. The molecular formula is C24H32F6N2O4. The van der Waals surface area contributed by atoms with Gasteiger partial charge in [-0.2, -0.15) is 26.3 Å². The lowest BCUT2D eigenvalue weighted by molar-refractivity contribution is -0.221. The normalized spacial score (nSPS) is 12.6. The van der Waals surface area contributed by atoms with Crippen LogP contribution < -0.4 is 10.3 Å². The van der Waals surface area contributed by atoms with Gasteiger partial charge in [0.05, 0.1) is 17.4 Å². The molecule has 0 radical (unpaired) electrons. The molecule has 0 spiro atoms. The number of nitrogens with zero attached hydrogens (tertiary/aromatic N) is 2. The van der Waals surface area contributed by atoms with Gasteiger partial charge in [0.15, 0.2) is 6.10 Å². The molecule has 2 aromatic rings. The van der Waals surface area contributed by atoms with Crippen LogP contribution in [0.4, 0.5) is 26.3 Å². The Morgan fingerprint density at radius 2 is 1.61 bits per heavy atom. The van der Waals surface area contributed by atoms with Crippen molar-refractivity contribution in [1.82, 2.24) is 9.78 Å². The largest absolute Gasteiger partial charge is 0.476 e. The summed E-state index contributed by atoms with van der Waals surface area (Å²) in [4.78, 5) is 23.5. The van der Waals surface area contributed by atoms with Crippen molar-refractivity contribution in [2.45, 2.75) is 90.7 Å². The van der Waals surface area contributed by atoms with Crippen LogP contribution in [-0.4, -0.2) is 40.8 Å². The first-order valence-electron chi connectivity index (χ1n) is 11.8. The molecule has 0 aliphatic rings. The van der Waals surface area contributed by atoms with Crippen molar-refractivity contribution in [3.05, 3.63) is 34.6 Å². The first-order valence-corrected chi connectivity index (χ1v) is 11.8. The molecule has 0 saturated carbocycles. The fourth-order valence-corrected chi connectivity index (χ4v) is 3.32. The van der Waals surface area contributed by atoms with Crippen molar-refractivity contribution in [3.8, 4) is 5.88 Å². The minimum absolute atomic E-state index is 0.00539. The second-order valence-electron chi connectivity index (χ2n) is 7.79. The molecule has 0 aliphatic heterocycles. The van der Waals surface area contributed by atoms with Gasteiger partial charge >= 0.3 is 18.3 Å². The molecule has 1 heterocycles. The van der Waals surface area contributed by atoms with Crippen LogP contribution in [0.25, 0.3) is 10.8 Å². The number of hydrogen-bond acceptors (Lipinski definition) is 5. The van der Waals surface area contributed by atoms with Gasteiger partial charge in [-0.25, -0.2) is 4.68 Å². The Morgan fingerprint density at radius 3 is 2.19 bits per heavy atom. The van der Waals surface area contributed by atoms with Crippen molar-refractivity contribution in [2.75, 3.05) is 6.61 Å². The lowest BCUT2D eigenvalue weighted by Crippen LogP contribution is -2.33. The molecule has 6 nitrogen and oxygen atoms in total. The first-order chi connectivity index (χ1) is 16.9. The summed E-state index contributed by atoms with van der Waals surface area (Å²) in [5, 5.41) is 4.91. The standard InChI is InChI=1S/C22H26F6N2O4.C2H6/c1-15(31)34-18(22(26,27)28)11-5-8-14-33-19-16-9-3-4-10-17(16)20(32)30(29-19)13-7-2-6-12-21(23,24)25;1-2/h3-4,9-10,18H,2,5-8,11-14H2,1H3;1-2H3. The maximum absolute atomic E-state index is 12.9. The van der Waals surface area contributed by atoms with Crippen LogP contribution in [0, 0.1) is 0 Å². The van der Waals surface area contributed by atoms with Crippen molar-refractivity contribution in [3.63, 3.8) is 0 Å². The van der Waals surface area contributed by atoms with Crippen LogP contribution >= 0.6 is 0 Å². The van der Waals surface area contributed by atoms with Crippen molar-refractivity contribution < 1.29 is 40.6 Å². The van der Waals surface area contributed by atoms with E-state index in [0.29, 0.717) is 17.2 Å². The van der Waals surface area contributed by atoms with E-state index in [-0.39, 0.29) is 44.7 Å². The molecule has 0 fully saturated rings. The number of fused-ring (bicyclic) bond motifs is 1. The molecule has 12 heteroatoms. The maximum Gasteiger partial charge on any atom is 0.425 e. The lowest BCUT2D eigenvalue weighted by Gasteiger charge is -2.19. The molecule has 1 aromatic carbocycles. The van der Waals surface area contributed by atoms with E-state index in [2.05, 4.69) is 9.84 Å². The van der Waals surface area contributed by atoms with E-state index in [1.54, 1.807) is 24.3 Å². The molecule has 36 heavy (non-hydrogen) atoms. The molecule has 1 atom stereocenters. The first kappa shape index (κ1) is 31.2. The topological polar surface area (TPSA) is 70.4 Å². The number of alkyl halides is 6. The number of carbonyl (C=O) groups excluding carboxylic acids is 1. The maximum atomic E-state index is 12.9. The van der Waals surface area contributed by atoms with Gasteiger partial charge in [0.2, 0.25) is 5.88 Å². The van der Waals surface area contributed by atoms with Crippen molar-refractivity contribution in [2.24, 2.45) is 0 Å². The highest BCUT2D eigenvalue weighted by molar-refractivity contribution is 5.85. The molecule has 0 N–H and O–H groups in total. The highest BCUT2D eigenvalue weighted by Crippen LogP contribution is 2.27. The molecule has 0 amide bonds. The quantitative estimate of drug-likeness (QED) is 0.177. The predicted octanol–water partition coefficient (Wildman–Crippen LogP) is 6.59. The Labute approximate surface area is 205 Å². The summed E-state index contributed by atoms with van der Waals surface area (Å²) in [7, 11) is 0. The van der Waals surface area contributed by atoms with Gasteiger partial charge in [-0.15, -0.1) is 5.10 Å². The fourth-order valence-electron chi connectivity index (χ4n) is 3.32. The number of esters is 1. The number of rotatable bonds is 12. The minimum atomic E-state index is -4.67. The summed E-state index contributed by atoms with van der Waals surface area (Å²) >= 11 is 0. The van der Waals surface area contributed by atoms with Crippen LogP contribution in [-0.2, 0) is 16.1 Å². The van der Waals surface area contributed by atoms with Crippen molar-refractivity contribution >= 4 is 16.7 Å². The summed E-state index contributed by atoms with van der Waals surface area (Å²) in [6.45, 7) is 5.02. The van der Waals surface area contributed by atoms with E-state index in [0.717, 1.165) is 11.6 Å². The number of unbranched alkanes of at least 4 members (excludes halogenated alkanes) is 3. The number of aromatic nitrogens is 2. The van der Waals surface area contributed by atoms with E-state index in [9.17, 15) is 35.9 Å². The summed E-state index contributed by atoms with van der Waals surface area (Å²) in [5.74, 6) is -0.909. The Bertz CT molecular complexity index is 1000. The van der Waals surface area contributed by atoms with Crippen LogP contribution in [0.1, 0.15) is 65.7 Å². The zero-order chi connectivity index (χ0) is 27.4. The monoisotopic (exact) mass is 526 g/mol.